The van der Waals surface area contributed by atoms with E-state index >= 15 is 0 Å². The van der Waals surface area contributed by atoms with Gasteiger partial charge in [0.1, 0.15) is 0 Å². The van der Waals surface area contributed by atoms with Crippen LogP contribution in [0.25, 0.3) is 0 Å². The lowest BCUT2D eigenvalue weighted by atomic mass is 9.84. The number of nitrogen functional groups attached to an aromatic ring is 1. The first-order chi connectivity index (χ1) is 9.22. The molecule has 2 rings (SSSR count). The molecule has 1 unspecified atom stereocenters. The lowest BCUT2D eigenvalue weighted by Gasteiger charge is -2.31. The molecule has 1 aromatic rings. The number of benzene rings is 1. The topological polar surface area (TPSA) is 52.0 Å². The van der Waals surface area contributed by atoms with Gasteiger partial charge in [-0.25, -0.2) is 0 Å². The second kappa shape index (κ2) is 7.41. The molecule has 1 saturated carbocycles. The van der Waals surface area contributed by atoms with Gasteiger partial charge >= 0.3 is 0 Å². The van der Waals surface area contributed by atoms with Crippen LogP contribution in [0.1, 0.15) is 42.9 Å². The Labute approximate surface area is 125 Å². The van der Waals surface area contributed by atoms with E-state index < -0.39 is 0 Å². The van der Waals surface area contributed by atoms with Crippen molar-refractivity contribution < 1.29 is 0 Å². The first kappa shape index (κ1) is 15.0. The summed E-state index contributed by atoms with van der Waals surface area (Å²) in [6.07, 6.45) is 6.65. The van der Waals surface area contributed by atoms with Gasteiger partial charge in [-0.1, -0.05) is 30.9 Å². The molecule has 4 N–H and O–H groups in total. The van der Waals surface area contributed by atoms with E-state index in [4.69, 9.17) is 23.1 Å². The molecule has 4 heteroatoms. The molecule has 0 spiro atoms. The van der Waals surface area contributed by atoms with Crippen LogP contribution in [0, 0.1) is 5.92 Å². The second-order valence-corrected chi connectivity index (χ2v) is 6.94. The molecule has 1 fully saturated rings. The molecule has 0 heterocycles. The van der Waals surface area contributed by atoms with Crippen LogP contribution in [0.4, 0.5) is 5.69 Å². The van der Waals surface area contributed by atoms with Gasteiger partial charge in [0.05, 0.1) is 0 Å². The fourth-order valence-corrected chi connectivity index (χ4v) is 4.40. The van der Waals surface area contributed by atoms with Crippen LogP contribution in [0.5, 0.6) is 0 Å². The number of hydrogen-bond donors (Lipinski definition) is 2. The Balaban J connectivity index is 2.22. The van der Waals surface area contributed by atoms with Crippen LogP contribution in [0.15, 0.2) is 18.2 Å². The standard InChI is InChI=1S/C15H23ClN2S/c16-12-6-7-14(18)13(10-12)15(19-9-8-17)11-4-2-1-3-5-11/h6-7,10-11,15H,1-5,8-9,17-18H2. The number of rotatable bonds is 5. The van der Waals surface area contributed by atoms with Crippen LogP contribution in [-0.2, 0) is 0 Å². The Kier molecular flexibility index (Phi) is 5.86. The predicted octanol–water partition coefficient (Wildman–Crippen LogP) is 4.24. The number of thioether (sulfide) groups is 1. The third-order valence-corrected chi connectivity index (χ3v) is 5.55. The van der Waals surface area contributed by atoms with E-state index in [-0.39, 0.29) is 0 Å². The molecule has 1 aliphatic carbocycles. The molecule has 0 aliphatic heterocycles. The molecule has 1 atom stereocenters. The number of halogens is 1. The van der Waals surface area contributed by atoms with E-state index in [0.29, 0.717) is 17.7 Å². The molecular weight excluding hydrogens is 276 g/mol. The van der Waals surface area contributed by atoms with Crippen molar-refractivity contribution in [3.63, 3.8) is 0 Å². The van der Waals surface area contributed by atoms with Crippen LogP contribution in [-0.4, -0.2) is 12.3 Å². The third kappa shape index (κ3) is 4.04. The van der Waals surface area contributed by atoms with E-state index in [1.807, 2.05) is 30.0 Å². The van der Waals surface area contributed by atoms with Gasteiger partial charge in [0.15, 0.2) is 0 Å². The SMILES string of the molecule is NCCSC(c1cc(Cl)ccc1N)C1CCCCC1. The minimum absolute atomic E-state index is 0.447. The van der Waals surface area contributed by atoms with Gasteiger partial charge < -0.3 is 11.5 Å². The molecule has 0 amide bonds. The summed E-state index contributed by atoms with van der Waals surface area (Å²) >= 11 is 8.08. The summed E-state index contributed by atoms with van der Waals surface area (Å²) in [5.74, 6) is 1.69. The third-order valence-electron chi connectivity index (χ3n) is 3.85. The highest BCUT2D eigenvalue weighted by atomic mass is 35.5. The Morgan fingerprint density at radius 3 is 2.68 bits per heavy atom. The Morgan fingerprint density at radius 2 is 2.00 bits per heavy atom. The smallest absolute Gasteiger partial charge is 0.0410 e. The van der Waals surface area contributed by atoms with E-state index in [1.165, 1.54) is 37.7 Å². The van der Waals surface area contributed by atoms with Crippen molar-refractivity contribution in [1.82, 2.24) is 0 Å². The zero-order valence-corrected chi connectivity index (χ0v) is 12.8. The Morgan fingerprint density at radius 1 is 1.26 bits per heavy atom. The summed E-state index contributed by atoms with van der Waals surface area (Å²) in [5.41, 5.74) is 13.9. The van der Waals surface area contributed by atoms with E-state index in [1.54, 1.807) is 0 Å². The Hall–Kier alpha value is -0.380. The molecule has 1 aromatic carbocycles. The molecule has 1 aliphatic rings. The van der Waals surface area contributed by atoms with Gasteiger partial charge in [-0.3, -0.25) is 0 Å². The normalized spacial score (nSPS) is 18.4. The highest BCUT2D eigenvalue weighted by Crippen LogP contribution is 2.45. The van der Waals surface area contributed by atoms with Crippen molar-refractivity contribution in [2.45, 2.75) is 37.4 Å². The fraction of sp³-hybridized carbons (Fsp3) is 0.600. The first-order valence-electron chi connectivity index (χ1n) is 7.09. The minimum Gasteiger partial charge on any atom is -0.398 e. The van der Waals surface area contributed by atoms with Gasteiger partial charge in [0, 0.05) is 28.3 Å². The van der Waals surface area contributed by atoms with Gasteiger partial charge in [-0.15, -0.1) is 0 Å². The highest BCUT2D eigenvalue weighted by molar-refractivity contribution is 7.99. The highest BCUT2D eigenvalue weighted by Gasteiger charge is 2.26. The van der Waals surface area contributed by atoms with E-state index in [9.17, 15) is 0 Å². The lowest BCUT2D eigenvalue weighted by molar-refractivity contribution is 0.352. The van der Waals surface area contributed by atoms with Gasteiger partial charge in [-0.05, 0) is 42.5 Å². The average molecular weight is 299 g/mol. The number of nitrogens with two attached hydrogens (primary N) is 2. The number of anilines is 1. The van der Waals surface area contributed by atoms with Crippen LogP contribution < -0.4 is 11.5 Å². The van der Waals surface area contributed by atoms with Gasteiger partial charge in [0.25, 0.3) is 0 Å². The van der Waals surface area contributed by atoms with Gasteiger partial charge in [0.2, 0.25) is 0 Å². The maximum Gasteiger partial charge on any atom is 0.0410 e. The summed E-state index contributed by atoms with van der Waals surface area (Å²) in [6.45, 7) is 0.717. The summed E-state index contributed by atoms with van der Waals surface area (Å²) in [4.78, 5) is 0. The van der Waals surface area contributed by atoms with Crippen molar-refractivity contribution in [2.24, 2.45) is 11.7 Å². The molecule has 0 radical (unpaired) electrons. The van der Waals surface area contributed by atoms with Crippen molar-refractivity contribution in [3.05, 3.63) is 28.8 Å². The minimum atomic E-state index is 0.447. The largest absolute Gasteiger partial charge is 0.398 e. The van der Waals surface area contributed by atoms with Gasteiger partial charge in [-0.2, -0.15) is 11.8 Å². The van der Waals surface area contributed by atoms with E-state index in [0.717, 1.165) is 16.5 Å². The van der Waals surface area contributed by atoms with Crippen LogP contribution in [0.2, 0.25) is 5.02 Å². The maximum absolute atomic E-state index is 6.17. The first-order valence-corrected chi connectivity index (χ1v) is 8.51. The number of hydrogen-bond acceptors (Lipinski definition) is 3. The summed E-state index contributed by atoms with van der Waals surface area (Å²) in [7, 11) is 0. The zero-order chi connectivity index (χ0) is 13.7. The molecule has 19 heavy (non-hydrogen) atoms. The van der Waals surface area contributed by atoms with Crippen molar-refractivity contribution in [3.8, 4) is 0 Å². The van der Waals surface area contributed by atoms with Crippen LogP contribution in [0.3, 0.4) is 0 Å². The monoisotopic (exact) mass is 298 g/mol. The fourth-order valence-electron chi connectivity index (χ4n) is 2.90. The second-order valence-electron chi connectivity index (χ2n) is 5.25. The van der Waals surface area contributed by atoms with E-state index in [2.05, 4.69) is 0 Å². The molecule has 106 valence electrons. The quantitative estimate of drug-likeness (QED) is 0.800. The predicted molar refractivity (Wildman–Crippen MR) is 86.7 cm³/mol. The summed E-state index contributed by atoms with van der Waals surface area (Å²) < 4.78 is 0. The van der Waals surface area contributed by atoms with Crippen molar-refractivity contribution >= 4 is 29.1 Å². The summed E-state index contributed by atoms with van der Waals surface area (Å²) in [5, 5.41) is 1.22. The summed E-state index contributed by atoms with van der Waals surface area (Å²) in [6, 6.07) is 5.84. The average Bonchev–Trinajstić information content (AvgIpc) is 2.44. The molecular formula is C15H23ClN2S. The molecule has 2 nitrogen and oxygen atoms in total. The zero-order valence-electron chi connectivity index (χ0n) is 11.3. The van der Waals surface area contributed by atoms with Crippen molar-refractivity contribution in [1.29, 1.82) is 0 Å². The van der Waals surface area contributed by atoms with Crippen LogP contribution >= 0.6 is 23.4 Å². The molecule has 0 saturated heterocycles. The Bertz CT molecular complexity index is 405. The molecule has 0 aromatic heterocycles. The lowest BCUT2D eigenvalue weighted by Crippen LogP contribution is -2.17. The maximum atomic E-state index is 6.17. The molecule has 0 bridgehead atoms. The van der Waals surface area contributed by atoms with Crippen molar-refractivity contribution in [2.75, 3.05) is 18.0 Å².